The molecule has 6 aromatic rings. The van der Waals surface area contributed by atoms with Crippen molar-refractivity contribution in [2.45, 2.75) is 41.5 Å². The second kappa shape index (κ2) is 19.0. The predicted octanol–water partition coefficient (Wildman–Crippen LogP) is 12.8. The minimum atomic E-state index is -0.218. The van der Waals surface area contributed by atoms with Crippen molar-refractivity contribution in [1.82, 2.24) is 0 Å². The van der Waals surface area contributed by atoms with Crippen LogP contribution in [0.1, 0.15) is 55.6 Å². The molecule has 1 aliphatic carbocycles. The van der Waals surface area contributed by atoms with Gasteiger partial charge in [0.15, 0.2) is 0 Å². The van der Waals surface area contributed by atoms with Crippen LogP contribution in [0.3, 0.4) is 0 Å². The van der Waals surface area contributed by atoms with Crippen molar-refractivity contribution < 1.29 is 20.8 Å². The van der Waals surface area contributed by atoms with Gasteiger partial charge in [-0.3, -0.25) is 4.99 Å². The molecule has 0 amide bonds. The van der Waals surface area contributed by atoms with Gasteiger partial charge in [-0.2, -0.15) is 6.67 Å². The number of para-hydroxylation sites is 1. The summed E-state index contributed by atoms with van der Waals surface area (Å²) < 4.78 is 2.28. The third-order valence-corrected chi connectivity index (χ3v) is 12.1. The minimum absolute atomic E-state index is 0.218. The normalized spacial score (nSPS) is 14.1. The molecule has 6 aromatic carbocycles. The van der Waals surface area contributed by atoms with E-state index in [4.69, 9.17) is 9.69 Å². The van der Waals surface area contributed by atoms with E-state index in [1.54, 1.807) is 18.3 Å². The standard InChI is InChI=1S/C21H27N2.C15H10.C13H10BrNO.ClH.Ru/c1-14-9-16(3)20(17(4)10-14)22-7-8-23(13-22)21-18(5)11-15(2)12-19(21)6;1-2-6-12(7-3-1)15-11-10-13-8-4-5-9-14(13)15;14-11-5-3-6-12(8-11)15-9-10-4-1-2-7-13(10)16;;/h9-13H,7-8H2,1-6H3;1-9,11H;1-9,16H;1H;/q-1;;;;+1/p-1. The molecular weight excluding hydrogens is 863 g/mol. The van der Waals surface area contributed by atoms with Gasteiger partial charge in [-0.05, 0) is 94.1 Å². The summed E-state index contributed by atoms with van der Waals surface area (Å²) in [5.41, 5.74) is 17.6. The third kappa shape index (κ3) is 10.0. The van der Waals surface area contributed by atoms with Crippen LogP contribution in [0.15, 0.2) is 143 Å². The number of fused-ring (bicyclic) bond motifs is 1. The number of aromatic hydroxyl groups is 1. The Morgan fingerprint density at radius 3 is 1.75 bits per heavy atom. The van der Waals surface area contributed by atoms with Crippen LogP contribution in [0.2, 0.25) is 0 Å². The average Bonchev–Trinajstić information content (AvgIpc) is 3.80. The van der Waals surface area contributed by atoms with Gasteiger partial charge < -0.3 is 14.9 Å². The Kier molecular flexibility index (Phi) is 13.9. The third-order valence-electron chi connectivity index (χ3n) is 9.70. The van der Waals surface area contributed by atoms with E-state index >= 15 is 0 Å². The fraction of sp³-hybridized carbons (Fsp3) is 0.163. The maximum absolute atomic E-state index is 9.54. The Labute approximate surface area is 352 Å². The molecule has 1 saturated heterocycles. The maximum atomic E-state index is 9.54. The first kappa shape index (κ1) is 41.0. The molecule has 2 aliphatic rings. The summed E-state index contributed by atoms with van der Waals surface area (Å²) in [7, 11) is 6.10. The fourth-order valence-corrected chi connectivity index (χ4v) is 9.44. The van der Waals surface area contributed by atoms with E-state index in [9.17, 15) is 5.11 Å². The van der Waals surface area contributed by atoms with Gasteiger partial charge in [0.1, 0.15) is 5.75 Å². The number of rotatable bonds is 5. The molecule has 1 heterocycles. The summed E-state index contributed by atoms with van der Waals surface area (Å²) in [5, 5.41) is 9.54. The summed E-state index contributed by atoms with van der Waals surface area (Å²) >= 11 is 3.16. The van der Waals surface area contributed by atoms with E-state index in [1.165, 1.54) is 71.1 Å². The van der Waals surface area contributed by atoms with Gasteiger partial charge in [0.05, 0.1) is 5.69 Å². The van der Waals surface area contributed by atoms with Gasteiger partial charge >= 0.3 is 112 Å². The number of halogens is 2. The molecule has 0 unspecified atom stereocenters. The molecule has 8 rings (SSSR count). The van der Waals surface area contributed by atoms with Crippen molar-refractivity contribution >= 4 is 58.6 Å². The van der Waals surface area contributed by atoms with Gasteiger partial charge in [0.25, 0.3) is 0 Å². The first-order chi connectivity index (χ1) is 27.0. The first-order valence-electron chi connectivity index (χ1n) is 18.6. The molecule has 1 aliphatic heterocycles. The van der Waals surface area contributed by atoms with Crippen molar-refractivity contribution in [3.63, 3.8) is 0 Å². The van der Waals surface area contributed by atoms with E-state index in [1.807, 2.05) is 42.5 Å². The molecule has 7 heteroatoms. The van der Waals surface area contributed by atoms with E-state index < -0.39 is 0 Å². The fourth-order valence-electron chi connectivity index (χ4n) is 7.50. The number of aliphatic imine (C=N–C) groups is 1. The second-order valence-electron chi connectivity index (χ2n) is 14.2. The van der Waals surface area contributed by atoms with Gasteiger partial charge in [-0.15, -0.1) is 0 Å². The summed E-state index contributed by atoms with van der Waals surface area (Å²) in [4.78, 5) is 9.09. The summed E-state index contributed by atoms with van der Waals surface area (Å²) in [5.74, 6) is 0.237. The summed E-state index contributed by atoms with van der Waals surface area (Å²) in [6.45, 7) is 17.6. The number of allylic oxidation sites excluding steroid dienone is 1. The van der Waals surface area contributed by atoms with Crippen molar-refractivity contribution in [2.24, 2.45) is 4.99 Å². The van der Waals surface area contributed by atoms with Gasteiger partial charge in [0, 0.05) is 40.7 Å². The van der Waals surface area contributed by atoms with Crippen LogP contribution in [-0.4, -0.2) is 28.5 Å². The van der Waals surface area contributed by atoms with E-state index in [0.29, 0.717) is 5.56 Å². The number of aryl methyl sites for hydroxylation is 6. The zero-order chi connectivity index (χ0) is 39.8. The Morgan fingerprint density at radius 2 is 1.20 bits per heavy atom. The quantitative estimate of drug-likeness (QED) is 0.106. The molecule has 287 valence electrons. The Bertz CT molecular complexity index is 2310. The van der Waals surface area contributed by atoms with Gasteiger partial charge in [-0.1, -0.05) is 69.5 Å². The summed E-state index contributed by atoms with van der Waals surface area (Å²) in [6, 6.07) is 42.9. The number of benzene rings is 6. The Hall–Kier alpha value is -4.61. The number of phenols is 1. The molecule has 0 aromatic heterocycles. The number of hydrogen-bond donors (Lipinski definition) is 1. The molecular formula is C49H47BrClN3ORu-. The van der Waals surface area contributed by atoms with E-state index in [0.717, 1.165) is 23.2 Å². The molecule has 0 bridgehead atoms. The SMILES string of the molecule is Cc1cc(C)c(N2[CH-]N(c3c(C)cc(C)cc3C)CC2)c(C)c1.Oc1ccccc1C=Nc1cccc(Br)c1.[Cl][Ru]=[C]1C=C(c2ccccc2)c2ccccc21. The van der Waals surface area contributed by atoms with Crippen LogP contribution < -0.4 is 9.80 Å². The van der Waals surface area contributed by atoms with Crippen LogP contribution >= 0.6 is 25.6 Å². The van der Waals surface area contributed by atoms with Crippen molar-refractivity contribution in [1.29, 1.82) is 0 Å². The number of nitrogens with zero attached hydrogens (tertiary/aromatic N) is 3. The molecule has 1 fully saturated rings. The van der Waals surface area contributed by atoms with Crippen LogP contribution in [0, 0.1) is 48.2 Å². The zero-order valence-electron chi connectivity index (χ0n) is 32.7. The zero-order valence-corrected chi connectivity index (χ0v) is 36.7. The van der Waals surface area contributed by atoms with E-state index in [2.05, 4.69) is 158 Å². The number of anilines is 2. The van der Waals surface area contributed by atoms with Gasteiger partial charge in [-0.25, -0.2) is 0 Å². The van der Waals surface area contributed by atoms with E-state index in [-0.39, 0.29) is 21.4 Å². The van der Waals surface area contributed by atoms with Crippen LogP contribution in [0.4, 0.5) is 17.1 Å². The molecule has 56 heavy (non-hydrogen) atoms. The molecule has 0 radical (unpaired) electrons. The van der Waals surface area contributed by atoms with Crippen molar-refractivity contribution in [2.75, 3.05) is 22.9 Å². The molecule has 0 saturated carbocycles. The number of hydrogen-bond acceptors (Lipinski definition) is 4. The van der Waals surface area contributed by atoms with Crippen LogP contribution in [-0.2, 0) is 15.7 Å². The number of phenolic OH excluding ortho intramolecular Hbond substituents is 1. The van der Waals surface area contributed by atoms with Crippen LogP contribution in [0.5, 0.6) is 5.75 Å². The monoisotopic (exact) mass is 909 g/mol. The second-order valence-corrected chi connectivity index (χ2v) is 17.1. The predicted molar refractivity (Wildman–Crippen MR) is 240 cm³/mol. The average molecular weight is 910 g/mol. The van der Waals surface area contributed by atoms with Crippen molar-refractivity contribution in [3.05, 3.63) is 200 Å². The summed E-state index contributed by atoms with van der Waals surface area (Å²) in [6.07, 6.45) is 3.89. The molecule has 0 atom stereocenters. The topological polar surface area (TPSA) is 39.1 Å². The molecule has 4 nitrogen and oxygen atoms in total. The Morgan fingerprint density at radius 1 is 0.661 bits per heavy atom. The Balaban J connectivity index is 0.000000146. The van der Waals surface area contributed by atoms with Crippen molar-refractivity contribution in [3.8, 4) is 5.75 Å². The first-order valence-corrected chi connectivity index (χ1v) is 22.5. The molecule has 1 N–H and O–H groups in total. The van der Waals surface area contributed by atoms with Crippen LogP contribution in [0.25, 0.3) is 5.57 Å². The van der Waals surface area contributed by atoms with Gasteiger partial charge in [0.2, 0.25) is 0 Å². The molecule has 0 spiro atoms.